The predicted octanol–water partition coefficient (Wildman–Crippen LogP) is 5.10. The average molecular weight is 413 g/mol. The molecule has 0 saturated carbocycles. The lowest BCUT2D eigenvalue weighted by Gasteiger charge is -2.16. The minimum absolute atomic E-state index is 0.0652. The quantitative estimate of drug-likeness (QED) is 0.438. The normalized spacial score (nSPS) is 12.1. The van der Waals surface area contributed by atoms with Crippen LogP contribution in [0.2, 0.25) is 0 Å². The van der Waals surface area contributed by atoms with E-state index in [0.717, 1.165) is 48.3 Å². The van der Waals surface area contributed by atoms with Crippen LogP contribution in [0, 0.1) is 0 Å². The van der Waals surface area contributed by atoms with Gasteiger partial charge in [0.2, 0.25) is 0 Å². The smallest absolute Gasteiger partial charge is 0.254 e. The van der Waals surface area contributed by atoms with E-state index in [-0.39, 0.29) is 11.9 Å². The molecule has 0 spiro atoms. The summed E-state index contributed by atoms with van der Waals surface area (Å²) < 4.78 is 1.83. The zero-order valence-electron chi connectivity index (χ0n) is 18.1. The maximum atomic E-state index is 13.1. The fourth-order valence-corrected chi connectivity index (χ4v) is 3.80. The Kier molecular flexibility index (Phi) is 6.41. The number of nitrogens with zero attached hydrogens (tertiary/aromatic N) is 3. The van der Waals surface area contributed by atoms with Crippen LogP contribution in [0.4, 0.5) is 0 Å². The van der Waals surface area contributed by atoms with Crippen LogP contribution in [-0.2, 0) is 12.8 Å². The van der Waals surface area contributed by atoms with E-state index in [9.17, 15) is 4.79 Å². The Bertz CT molecular complexity index is 1150. The Balaban J connectivity index is 1.55. The maximum Gasteiger partial charge on any atom is 0.254 e. The monoisotopic (exact) mass is 412 g/mol. The molecular formula is C26H28N4O. The molecule has 5 nitrogen and oxygen atoms in total. The van der Waals surface area contributed by atoms with Crippen LogP contribution in [-0.4, -0.2) is 26.5 Å². The zero-order valence-corrected chi connectivity index (χ0v) is 18.1. The molecule has 0 fully saturated rings. The van der Waals surface area contributed by atoms with Gasteiger partial charge in [-0.25, -0.2) is 9.50 Å². The molecular weight excluding hydrogens is 384 g/mol. The number of nitrogens with one attached hydrogen (secondary N) is 1. The molecule has 0 saturated heterocycles. The number of carbonyl (C=O) groups is 1. The van der Waals surface area contributed by atoms with E-state index in [1.54, 1.807) is 6.20 Å². The molecule has 4 aromatic rings. The molecule has 2 aromatic carbocycles. The maximum absolute atomic E-state index is 13.1. The number of hydrogen-bond donors (Lipinski definition) is 1. The summed E-state index contributed by atoms with van der Waals surface area (Å²) >= 11 is 0. The van der Waals surface area contributed by atoms with Crippen molar-refractivity contribution in [1.29, 1.82) is 0 Å². The minimum Gasteiger partial charge on any atom is -0.349 e. The van der Waals surface area contributed by atoms with Crippen molar-refractivity contribution >= 4 is 11.6 Å². The molecule has 158 valence electrons. The summed E-state index contributed by atoms with van der Waals surface area (Å²) in [6.45, 7) is 4.16. The van der Waals surface area contributed by atoms with Crippen molar-refractivity contribution in [3.8, 4) is 11.3 Å². The summed E-state index contributed by atoms with van der Waals surface area (Å²) in [6.07, 6.45) is 5.19. The van der Waals surface area contributed by atoms with E-state index in [1.807, 2.05) is 66.0 Å². The van der Waals surface area contributed by atoms with Gasteiger partial charge in [0, 0.05) is 23.9 Å². The molecule has 0 aliphatic heterocycles. The van der Waals surface area contributed by atoms with Crippen LogP contribution >= 0.6 is 0 Å². The Labute approximate surface area is 183 Å². The van der Waals surface area contributed by atoms with Gasteiger partial charge in [0.25, 0.3) is 5.91 Å². The highest BCUT2D eigenvalue weighted by molar-refractivity contribution is 5.95. The Morgan fingerprint density at radius 2 is 1.74 bits per heavy atom. The SMILES string of the molecule is CCCc1c(C(=O)N[C@@H](C)CCc2ccccc2)cnc2cc(-c3ccccc3)nn12. The van der Waals surface area contributed by atoms with Crippen molar-refractivity contribution in [1.82, 2.24) is 19.9 Å². The van der Waals surface area contributed by atoms with Crippen LogP contribution < -0.4 is 5.32 Å². The van der Waals surface area contributed by atoms with E-state index >= 15 is 0 Å². The van der Waals surface area contributed by atoms with Crippen LogP contribution in [0.25, 0.3) is 16.9 Å². The molecule has 1 amide bonds. The number of hydrogen-bond acceptors (Lipinski definition) is 3. The van der Waals surface area contributed by atoms with Gasteiger partial charge in [-0.2, -0.15) is 5.10 Å². The topological polar surface area (TPSA) is 59.3 Å². The molecule has 31 heavy (non-hydrogen) atoms. The second-order valence-electron chi connectivity index (χ2n) is 7.93. The molecule has 0 aliphatic carbocycles. The molecule has 0 aliphatic rings. The molecule has 1 atom stereocenters. The third kappa shape index (κ3) is 4.82. The molecule has 0 radical (unpaired) electrons. The number of aromatic nitrogens is 3. The molecule has 0 unspecified atom stereocenters. The fraction of sp³-hybridized carbons (Fsp3) is 0.269. The van der Waals surface area contributed by atoms with Gasteiger partial charge >= 0.3 is 0 Å². The van der Waals surface area contributed by atoms with Crippen molar-refractivity contribution in [2.24, 2.45) is 0 Å². The third-order valence-electron chi connectivity index (χ3n) is 5.47. The standard InChI is InChI=1S/C26H28N4O/c1-3-10-24-22(26(31)28-19(2)15-16-20-11-6-4-7-12-20)18-27-25-17-23(29-30(24)25)21-13-8-5-9-14-21/h4-9,11-14,17-19H,3,10,15-16H2,1-2H3,(H,28,31)/t19-/m0/s1. The molecule has 2 aromatic heterocycles. The number of fused-ring (bicyclic) bond motifs is 1. The Morgan fingerprint density at radius 1 is 1.03 bits per heavy atom. The van der Waals surface area contributed by atoms with Gasteiger partial charge in [0.15, 0.2) is 5.65 Å². The van der Waals surface area contributed by atoms with E-state index in [2.05, 4.69) is 29.4 Å². The van der Waals surface area contributed by atoms with E-state index < -0.39 is 0 Å². The lowest BCUT2D eigenvalue weighted by atomic mass is 10.1. The van der Waals surface area contributed by atoms with Crippen LogP contribution in [0.3, 0.4) is 0 Å². The van der Waals surface area contributed by atoms with Gasteiger partial charge in [-0.3, -0.25) is 4.79 Å². The summed E-state index contributed by atoms with van der Waals surface area (Å²) in [6, 6.07) is 22.4. The van der Waals surface area contributed by atoms with Crippen molar-refractivity contribution in [2.45, 2.75) is 45.6 Å². The highest BCUT2D eigenvalue weighted by Crippen LogP contribution is 2.21. The summed E-state index contributed by atoms with van der Waals surface area (Å²) in [5.74, 6) is -0.0878. The number of amides is 1. The number of benzene rings is 2. The van der Waals surface area contributed by atoms with Gasteiger partial charge in [0.05, 0.1) is 17.0 Å². The minimum atomic E-state index is -0.0878. The van der Waals surface area contributed by atoms with Gasteiger partial charge in [-0.15, -0.1) is 0 Å². The number of carbonyl (C=O) groups excluding carboxylic acids is 1. The van der Waals surface area contributed by atoms with Gasteiger partial charge in [0.1, 0.15) is 0 Å². The third-order valence-corrected chi connectivity index (χ3v) is 5.47. The van der Waals surface area contributed by atoms with Crippen molar-refractivity contribution in [3.05, 3.63) is 89.7 Å². The summed E-state index contributed by atoms with van der Waals surface area (Å²) in [4.78, 5) is 17.6. The average Bonchev–Trinajstić information content (AvgIpc) is 3.24. The van der Waals surface area contributed by atoms with Crippen molar-refractivity contribution in [2.75, 3.05) is 0 Å². The molecule has 1 N–H and O–H groups in total. The Morgan fingerprint density at radius 3 is 2.45 bits per heavy atom. The largest absolute Gasteiger partial charge is 0.349 e. The van der Waals surface area contributed by atoms with Crippen LogP contribution in [0.15, 0.2) is 72.9 Å². The molecule has 2 heterocycles. The summed E-state index contributed by atoms with van der Waals surface area (Å²) in [5.41, 5.74) is 5.45. The predicted molar refractivity (Wildman–Crippen MR) is 124 cm³/mol. The number of aryl methyl sites for hydroxylation is 2. The first kappa shape index (κ1) is 20.8. The van der Waals surface area contributed by atoms with Crippen molar-refractivity contribution in [3.63, 3.8) is 0 Å². The van der Waals surface area contributed by atoms with E-state index in [0.29, 0.717) is 5.56 Å². The van der Waals surface area contributed by atoms with Gasteiger partial charge in [-0.05, 0) is 31.7 Å². The van der Waals surface area contributed by atoms with Crippen molar-refractivity contribution < 1.29 is 4.79 Å². The summed E-state index contributed by atoms with van der Waals surface area (Å²) in [5, 5.41) is 7.92. The zero-order chi connectivity index (χ0) is 21.6. The molecule has 4 rings (SSSR count). The molecule has 0 bridgehead atoms. The first-order valence-electron chi connectivity index (χ1n) is 10.9. The fourth-order valence-electron chi connectivity index (χ4n) is 3.80. The first-order valence-corrected chi connectivity index (χ1v) is 10.9. The Hall–Kier alpha value is -3.47. The highest BCUT2D eigenvalue weighted by Gasteiger charge is 2.19. The van der Waals surface area contributed by atoms with Gasteiger partial charge in [-0.1, -0.05) is 74.0 Å². The lowest BCUT2D eigenvalue weighted by Crippen LogP contribution is -2.34. The first-order chi connectivity index (χ1) is 15.2. The van der Waals surface area contributed by atoms with Crippen LogP contribution in [0.1, 0.15) is 48.3 Å². The molecule has 5 heteroatoms. The van der Waals surface area contributed by atoms with Crippen LogP contribution in [0.5, 0.6) is 0 Å². The van der Waals surface area contributed by atoms with Gasteiger partial charge < -0.3 is 5.32 Å². The second-order valence-corrected chi connectivity index (χ2v) is 7.93. The van der Waals surface area contributed by atoms with E-state index in [4.69, 9.17) is 5.10 Å². The highest BCUT2D eigenvalue weighted by atomic mass is 16.1. The number of rotatable bonds is 8. The summed E-state index contributed by atoms with van der Waals surface area (Å²) in [7, 11) is 0. The second kappa shape index (κ2) is 9.56. The lowest BCUT2D eigenvalue weighted by molar-refractivity contribution is 0.0936. The van der Waals surface area contributed by atoms with E-state index in [1.165, 1.54) is 5.56 Å².